The summed E-state index contributed by atoms with van der Waals surface area (Å²) in [5.74, 6) is 0. The molecule has 0 saturated heterocycles. The van der Waals surface area contributed by atoms with E-state index >= 15 is 0 Å². The average Bonchev–Trinajstić information content (AvgIpc) is 3.99. The minimum absolute atomic E-state index is 0.699. The van der Waals surface area contributed by atoms with Crippen molar-refractivity contribution in [3.63, 3.8) is 0 Å². The number of hydrogen-bond donors (Lipinski definition) is 2. The molecule has 2 N–H and O–H groups in total. The standard InChI is InChI=1S/C20H14N4.4C6H4Cl.Cu/c1-2-14-10-16-5-6-18(23-16)12-20-8-7-19(24-20)11-17-4-3-15(22-17)9-13(1)21-14;4*7-6-4-2-1-3-5-6;/h1-12,21,24H;4*2-5H;. The van der Waals surface area contributed by atoms with Crippen molar-refractivity contribution in [2.75, 3.05) is 0 Å². The van der Waals surface area contributed by atoms with Crippen molar-refractivity contribution < 1.29 is 12.8 Å². The maximum atomic E-state index is 6.22. The van der Waals surface area contributed by atoms with Crippen molar-refractivity contribution in [3.05, 3.63) is 188 Å². The van der Waals surface area contributed by atoms with Gasteiger partial charge in [-0.05, 0) is 72.8 Å². The number of aromatic amines is 2. The number of halogens is 4. The van der Waals surface area contributed by atoms with Crippen LogP contribution in [0.1, 0.15) is 22.8 Å². The fourth-order valence-corrected chi connectivity index (χ4v) is 10.7. The molecule has 0 aliphatic carbocycles. The van der Waals surface area contributed by atoms with E-state index in [1.54, 1.807) is 0 Å². The van der Waals surface area contributed by atoms with Gasteiger partial charge in [-0.3, -0.25) is 0 Å². The molecule has 2 aliphatic rings. The van der Waals surface area contributed by atoms with Crippen LogP contribution in [0, 0.1) is 0 Å². The zero-order valence-electron chi connectivity index (χ0n) is 27.9. The van der Waals surface area contributed by atoms with Crippen molar-refractivity contribution in [3.8, 4) is 0 Å². The van der Waals surface area contributed by atoms with Gasteiger partial charge in [0, 0.05) is 22.1 Å². The van der Waals surface area contributed by atoms with Crippen LogP contribution in [0.2, 0.25) is 20.1 Å². The molecule has 4 nitrogen and oxygen atoms in total. The van der Waals surface area contributed by atoms with Crippen LogP contribution in [0.3, 0.4) is 0 Å². The Kier molecular flexibility index (Phi) is 10.1. The summed E-state index contributed by atoms with van der Waals surface area (Å²) in [5.41, 5.74) is 7.86. The zero-order chi connectivity index (χ0) is 36.4. The van der Waals surface area contributed by atoms with Gasteiger partial charge >= 0.3 is 194 Å². The molecule has 4 aromatic carbocycles. The fourth-order valence-electron chi connectivity index (χ4n) is 5.82. The molecule has 9 heteroatoms. The third-order valence-electron chi connectivity index (χ3n) is 8.20. The first-order valence-electron chi connectivity index (χ1n) is 16.5. The molecular weight excluding hydrogens is 790 g/mol. The van der Waals surface area contributed by atoms with Crippen LogP contribution in [0.5, 0.6) is 0 Å². The van der Waals surface area contributed by atoms with Crippen LogP contribution < -0.4 is 17.8 Å². The van der Waals surface area contributed by atoms with E-state index in [2.05, 4.69) is 92.7 Å². The quantitative estimate of drug-likeness (QED) is 0.174. The van der Waals surface area contributed by atoms with E-state index in [0.29, 0.717) is 20.1 Å². The molecule has 0 saturated carbocycles. The van der Waals surface area contributed by atoms with Crippen LogP contribution in [-0.2, 0) is 12.8 Å². The molecule has 0 spiro atoms. The van der Waals surface area contributed by atoms with Gasteiger partial charge in [-0.2, -0.15) is 0 Å². The SMILES string of the molecule is C1=Cc2cc3ccc(cc4nc(cc5ccc(cc1n2)[nH]5)C=C4)[nH]3.Clc1cc[c]([Cu]([c]2ccc(Cl)cc2)([c]2ccc(Cl)cc2)[c]2ccc(Cl)cc2)cc1. The molecule has 0 amide bonds. The first-order chi connectivity index (χ1) is 25.8. The van der Waals surface area contributed by atoms with Crippen LogP contribution >= 0.6 is 46.4 Å². The van der Waals surface area contributed by atoms with Crippen LogP contribution in [-0.4, -0.2) is 19.9 Å². The number of H-pyrrole nitrogens is 2. The number of aromatic nitrogens is 4. The van der Waals surface area contributed by atoms with Gasteiger partial charge in [0.2, 0.25) is 0 Å². The Bertz CT molecular complexity index is 2280. The molecule has 0 atom stereocenters. The second-order valence-electron chi connectivity index (χ2n) is 11.9. The monoisotopic (exact) mass is 817 g/mol. The minimum atomic E-state index is -1.74. The van der Waals surface area contributed by atoms with Crippen molar-refractivity contribution in [1.82, 2.24) is 19.9 Å². The van der Waals surface area contributed by atoms with E-state index in [-0.39, 0.29) is 0 Å². The van der Waals surface area contributed by atoms with Crippen molar-refractivity contribution in [1.29, 1.82) is 0 Å². The molecule has 3 aromatic heterocycles. The number of nitrogens with zero attached hydrogens (tertiary/aromatic N) is 2. The van der Waals surface area contributed by atoms with E-state index in [0.717, 1.165) is 62.7 Å². The van der Waals surface area contributed by atoms with Crippen LogP contribution in [0.15, 0.2) is 146 Å². The first kappa shape index (κ1) is 35.2. The molecule has 7 aromatic rings. The van der Waals surface area contributed by atoms with Crippen LogP contribution in [0.4, 0.5) is 0 Å². The molecule has 5 heterocycles. The first-order valence-corrected chi connectivity index (χ1v) is 19.9. The van der Waals surface area contributed by atoms with E-state index in [9.17, 15) is 0 Å². The van der Waals surface area contributed by atoms with E-state index in [4.69, 9.17) is 46.4 Å². The average molecular weight is 820 g/mol. The number of fused-ring (bicyclic) bond motifs is 8. The fraction of sp³-hybridized carbons (Fsp3) is 0. The van der Waals surface area contributed by atoms with E-state index in [1.165, 1.54) is 0 Å². The molecule has 0 fully saturated rings. The second-order valence-corrected chi connectivity index (χ2v) is 17.3. The van der Waals surface area contributed by atoms with Gasteiger partial charge in [-0.25, -0.2) is 9.97 Å². The summed E-state index contributed by atoms with van der Waals surface area (Å²) < 4.78 is 4.62. The Balaban J connectivity index is 0.000000153. The third-order valence-corrected chi connectivity index (χ3v) is 13.7. The maximum absolute atomic E-state index is 6.22. The Hall–Kier alpha value is -4.84. The molecule has 0 radical (unpaired) electrons. The molecule has 9 rings (SSSR count). The molecular formula is C44H30Cl4CuN4. The van der Waals surface area contributed by atoms with Crippen molar-refractivity contribution in [2.45, 2.75) is 0 Å². The molecule has 2 aliphatic heterocycles. The van der Waals surface area contributed by atoms with Gasteiger partial charge in [0.05, 0.1) is 22.8 Å². The molecule has 53 heavy (non-hydrogen) atoms. The zero-order valence-corrected chi connectivity index (χ0v) is 31.8. The summed E-state index contributed by atoms with van der Waals surface area (Å²) in [7, 11) is 0. The Labute approximate surface area is 329 Å². The van der Waals surface area contributed by atoms with Gasteiger partial charge in [0.15, 0.2) is 0 Å². The van der Waals surface area contributed by atoms with Gasteiger partial charge in [-0.1, -0.05) is 0 Å². The summed E-state index contributed by atoms with van der Waals surface area (Å²) in [6.45, 7) is 0. The number of hydrogen-bond acceptors (Lipinski definition) is 2. The Morgan fingerprint density at radius 1 is 0.321 bits per heavy atom. The van der Waals surface area contributed by atoms with Crippen molar-refractivity contribution >= 4 is 111 Å². The topological polar surface area (TPSA) is 57.4 Å². The summed E-state index contributed by atoms with van der Waals surface area (Å²) in [6.07, 6.45) is 8.09. The van der Waals surface area contributed by atoms with Crippen molar-refractivity contribution in [2.24, 2.45) is 0 Å². The Morgan fingerprint density at radius 2 is 0.547 bits per heavy atom. The van der Waals surface area contributed by atoms with Gasteiger partial charge in [0.25, 0.3) is 0 Å². The predicted octanol–water partition coefficient (Wildman–Crippen LogP) is 10.7. The molecule has 265 valence electrons. The summed E-state index contributed by atoms with van der Waals surface area (Å²) in [6, 6.07) is 48.5. The normalized spacial score (nSPS) is 12.3. The van der Waals surface area contributed by atoms with Gasteiger partial charge < -0.3 is 9.97 Å². The summed E-state index contributed by atoms with van der Waals surface area (Å²) >= 11 is 23.1. The number of benzene rings is 4. The predicted molar refractivity (Wildman–Crippen MR) is 223 cm³/mol. The molecule has 8 bridgehead atoms. The van der Waals surface area contributed by atoms with Crippen LogP contribution in [0.25, 0.3) is 46.4 Å². The number of rotatable bonds is 4. The van der Waals surface area contributed by atoms with E-state index < -0.39 is 12.8 Å². The molecule has 0 unspecified atom stereocenters. The summed E-state index contributed by atoms with van der Waals surface area (Å²) in [4.78, 5) is 16.0. The van der Waals surface area contributed by atoms with Gasteiger partial charge in [-0.15, -0.1) is 0 Å². The third kappa shape index (κ3) is 7.78. The van der Waals surface area contributed by atoms with Gasteiger partial charge in [0.1, 0.15) is 0 Å². The second kappa shape index (κ2) is 15.3. The Morgan fingerprint density at radius 3 is 0.774 bits per heavy atom. The number of nitrogens with one attached hydrogen (secondary N) is 2. The van der Waals surface area contributed by atoms with E-state index in [1.807, 2.05) is 97.1 Å². The summed E-state index contributed by atoms with van der Waals surface area (Å²) in [5, 5.41) is 2.79.